The Bertz CT molecular complexity index is 514. The molecule has 0 N–H and O–H groups in total. The van der Waals surface area contributed by atoms with Crippen molar-refractivity contribution in [3.8, 4) is 0 Å². The second kappa shape index (κ2) is 5.61. The first-order chi connectivity index (χ1) is 8.89. The summed E-state index contributed by atoms with van der Waals surface area (Å²) in [5.74, 6) is 0. The van der Waals surface area contributed by atoms with Gasteiger partial charge in [0.05, 0.1) is 6.26 Å². The Labute approximate surface area is 116 Å². The summed E-state index contributed by atoms with van der Waals surface area (Å²) >= 11 is 0. The standard InChI is InChI=1S/C14H22N2O2S/c1-12(2)16-10-9-15(19(3,17)18)11-14(16)13-7-5-4-6-8-13/h4-8,12,14H,9-11H2,1-3H3/t14-/m1/s1. The van der Waals surface area contributed by atoms with Crippen molar-refractivity contribution in [1.82, 2.24) is 9.21 Å². The number of nitrogens with zero attached hydrogens (tertiary/aromatic N) is 2. The van der Waals surface area contributed by atoms with Crippen molar-refractivity contribution < 1.29 is 8.42 Å². The summed E-state index contributed by atoms with van der Waals surface area (Å²) < 4.78 is 25.1. The van der Waals surface area contributed by atoms with Gasteiger partial charge in [0.25, 0.3) is 0 Å². The molecule has 4 nitrogen and oxygen atoms in total. The Morgan fingerprint density at radius 2 is 1.79 bits per heavy atom. The highest BCUT2D eigenvalue weighted by Gasteiger charge is 2.33. The van der Waals surface area contributed by atoms with E-state index in [4.69, 9.17) is 0 Å². The van der Waals surface area contributed by atoms with Crippen molar-refractivity contribution in [3.05, 3.63) is 35.9 Å². The zero-order valence-electron chi connectivity index (χ0n) is 11.8. The van der Waals surface area contributed by atoms with Gasteiger partial charge in [0.15, 0.2) is 0 Å². The molecule has 0 unspecified atom stereocenters. The minimum atomic E-state index is -3.11. The highest BCUT2D eigenvalue weighted by molar-refractivity contribution is 7.88. The zero-order valence-corrected chi connectivity index (χ0v) is 12.6. The molecule has 1 aliphatic heterocycles. The first-order valence-corrected chi connectivity index (χ1v) is 8.50. The lowest BCUT2D eigenvalue weighted by atomic mass is 10.0. The molecule has 1 aliphatic rings. The predicted molar refractivity (Wildman–Crippen MR) is 77.4 cm³/mol. The van der Waals surface area contributed by atoms with Gasteiger partial charge in [-0.15, -0.1) is 0 Å². The summed E-state index contributed by atoms with van der Waals surface area (Å²) in [7, 11) is -3.11. The van der Waals surface area contributed by atoms with Gasteiger partial charge in [-0.1, -0.05) is 30.3 Å². The molecule has 0 amide bonds. The fourth-order valence-electron chi connectivity index (χ4n) is 2.66. The Balaban J connectivity index is 2.28. The lowest BCUT2D eigenvalue weighted by molar-refractivity contribution is 0.0877. The number of sulfonamides is 1. The van der Waals surface area contributed by atoms with Crippen LogP contribution in [0.3, 0.4) is 0 Å². The molecule has 1 fully saturated rings. The van der Waals surface area contributed by atoms with Gasteiger partial charge in [-0.3, -0.25) is 4.90 Å². The molecule has 0 aliphatic carbocycles. The van der Waals surface area contributed by atoms with E-state index >= 15 is 0 Å². The first kappa shape index (κ1) is 14.5. The number of rotatable bonds is 3. The Morgan fingerprint density at radius 1 is 1.16 bits per heavy atom. The second-order valence-corrected chi connectivity index (χ2v) is 7.36. The molecule has 5 heteroatoms. The van der Waals surface area contributed by atoms with Crippen LogP contribution in [-0.4, -0.2) is 49.6 Å². The fourth-order valence-corrected chi connectivity index (χ4v) is 3.49. The van der Waals surface area contributed by atoms with Crippen LogP contribution in [0.15, 0.2) is 30.3 Å². The van der Waals surface area contributed by atoms with E-state index in [0.29, 0.717) is 19.1 Å². The van der Waals surface area contributed by atoms with Crippen LogP contribution in [0.5, 0.6) is 0 Å². The van der Waals surface area contributed by atoms with Crippen molar-refractivity contribution >= 4 is 10.0 Å². The maximum absolute atomic E-state index is 11.7. The monoisotopic (exact) mass is 282 g/mol. The third kappa shape index (κ3) is 3.35. The SMILES string of the molecule is CC(C)N1CCN(S(C)(=O)=O)C[C@@H]1c1ccccc1. The van der Waals surface area contributed by atoms with Crippen LogP contribution in [0.4, 0.5) is 0 Å². The van der Waals surface area contributed by atoms with Gasteiger partial charge in [0, 0.05) is 31.7 Å². The van der Waals surface area contributed by atoms with Crippen LogP contribution in [-0.2, 0) is 10.0 Å². The quantitative estimate of drug-likeness (QED) is 0.847. The average molecular weight is 282 g/mol. The molecular formula is C14H22N2O2S. The molecular weight excluding hydrogens is 260 g/mol. The smallest absolute Gasteiger partial charge is 0.211 e. The molecule has 0 saturated carbocycles. The molecule has 2 rings (SSSR count). The zero-order chi connectivity index (χ0) is 14.0. The highest BCUT2D eigenvalue weighted by Crippen LogP contribution is 2.28. The molecule has 1 heterocycles. The molecule has 1 saturated heterocycles. The van der Waals surface area contributed by atoms with E-state index in [1.165, 1.54) is 11.8 Å². The van der Waals surface area contributed by atoms with Crippen molar-refractivity contribution in [2.45, 2.75) is 25.9 Å². The van der Waals surface area contributed by atoms with Crippen LogP contribution >= 0.6 is 0 Å². The predicted octanol–water partition coefficient (Wildman–Crippen LogP) is 1.71. The number of hydrogen-bond acceptors (Lipinski definition) is 3. The lowest BCUT2D eigenvalue weighted by Gasteiger charge is -2.42. The Morgan fingerprint density at radius 3 is 2.32 bits per heavy atom. The maximum Gasteiger partial charge on any atom is 0.211 e. The largest absolute Gasteiger partial charge is 0.291 e. The third-order valence-corrected chi connectivity index (χ3v) is 4.97. The lowest BCUT2D eigenvalue weighted by Crippen LogP contribution is -2.52. The highest BCUT2D eigenvalue weighted by atomic mass is 32.2. The summed E-state index contributed by atoms with van der Waals surface area (Å²) in [6.45, 7) is 6.23. The fraction of sp³-hybridized carbons (Fsp3) is 0.571. The van der Waals surface area contributed by atoms with E-state index in [9.17, 15) is 8.42 Å². The topological polar surface area (TPSA) is 40.6 Å². The van der Waals surface area contributed by atoms with Gasteiger partial charge in [-0.25, -0.2) is 8.42 Å². The molecule has 0 spiro atoms. The summed E-state index contributed by atoms with van der Waals surface area (Å²) in [5, 5.41) is 0. The van der Waals surface area contributed by atoms with Gasteiger partial charge < -0.3 is 0 Å². The Hall–Kier alpha value is -0.910. The number of hydrogen-bond donors (Lipinski definition) is 0. The van der Waals surface area contributed by atoms with Gasteiger partial charge >= 0.3 is 0 Å². The van der Waals surface area contributed by atoms with Crippen LogP contribution in [0.25, 0.3) is 0 Å². The van der Waals surface area contributed by atoms with Crippen LogP contribution in [0.1, 0.15) is 25.5 Å². The second-order valence-electron chi connectivity index (χ2n) is 5.38. The summed E-state index contributed by atoms with van der Waals surface area (Å²) in [6, 6.07) is 10.7. The van der Waals surface area contributed by atoms with Gasteiger partial charge in [0.2, 0.25) is 10.0 Å². The van der Waals surface area contributed by atoms with Crippen molar-refractivity contribution in [3.63, 3.8) is 0 Å². The van der Waals surface area contributed by atoms with E-state index in [0.717, 1.165) is 6.54 Å². The molecule has 0 radical (unpaired) electrons. The molecule has 1 aromatic carbocycles. The normalized spacial score (nSPS) is 22.8. The minimum absolute atomic E-state index is 0.143. The van der Waals surface area contributed by atoms with E-state index in [1.54, 1.807) is 4.31 Å². The maximum atomic E-state index is 11.7. The molecule has 0 bridgehead atoms. The number of benzene rings is 1. The molecule has 0 aromatic heterocycles. The number of piperazine rings is 1. The van der Waals surface area contributed by atoms with E-state index in [1.807, 2.05) is 18.2 Å². The van der Waals surface area contributed by atoms with Crippen LogP contribution < -0.4 is 0 Å². The molecule has 1 atom stereocenters. The van der Waals surface area contributed by atoms with Crippen LogP contribution in [0, 0.1) is 0 Å². The van der Waals surface area contributed by atoms with Gasteiger partial charge in [-0.2, -0.15) is 4.31 Å². The molecule has 1 aromatic rings. The summed E-state index contributed by atoms with van der Waals surface area (Å²) in [5.41, 5.74) is 1.18. The molecule has 106 valence electrons. The van der Waals surface area contributed by atoms with Gasteiger partial charge in [-0.05, 0) is 19.4 Å². The Kier molecular flexibility index (Phi) is 4.28. The summed E-state index contributed by atoms with van der Waals surface area (Å²) in [6.07, 6.45) is 1.29. The van der Waals surface area contributed by atoms with Crippen molar-refractivity contribution in [2.24, 2.45) is 0 Å². The van der Waals surface area contributed by atoms with Crippen molar-refractivity contribution in [1.29, 1.82) is 0 Å². The van der Waals surface area contributed by atoms with E-state index in [-0.39, 0.29) is 6.04 Å². The summed E-state index contributed by atoms with van der Waals surface area (Å²) in [4.78, 5) is 2.37. The van der Waals surface area contributed by atoms with Gasteiger partial charge in [0.1, 0.15) is 0 Å². The van der Waals surface area contributed by atoms with Crippen LogP contribution in [0.2, 0.25) is 0 Å². The molecule has 19 heavy (non-hydrogen) atoms. The first-order valence-electron chi connectivity index (χ1n) is 6.65. The van der Waals surface area contributed by atoms with E-state index in [2.05, 4.69) is 30.9 Å². The van der Waals surface area contributed by atoms with Crippen molar-refractivity contribution in [2.75, 3.05) is 25.9 Å². The van der Waals surface area contributed by atoms with E-state index < -0.39 is 10.0 Å². The average Bonchev–Trinajstić information content (AvgIpc) is 2.38. The third-order valence-electron chi connectivity index (χ3n) is 3.70. The minimum Gasteiger partial charge on any atom is -0.291 e.